The van der Waals surface area contributed by atoms with Crippen molar-refractivity contribution in [2.75, 3.05) is 13.2 Å². The van der Waals surface area contributed by atoms with Crippen molar-refractivity contribution in [1.29, 1.82) is 0 Å². The van der Waals surface area contributed by atoms with Gasteiger partial charge in [0.05, 0.1) is 19.3 Å². The monoisotopic (exact) mass is 311 g/mol. The average Bonchev–Trinajstić information content (AvgIpc) is 2.85. The second kappa shape index (κ2) is 7.19. The molecule has 3 aliphatic rings. The zero-order chi connectivity index (χ0) is 15.5. The highest BCUT2D eigenvalue weighted by molar-refractivity contribution is 5.21. The maximum atomic E-state index is 5.88. The van der Waals surface area contributed by atoms with Crippen LogP contribution in [0.4, 0.5) is 0 Å². The van der Waals surface area contributed by atoms with Gasteiger partial charge in [0, 0.05) is 12.6 Å². The highest BCUT2D eigenvalue weighted by atomic mass is 16.5. The fourth-order valence-electron chi connectivity index (χ4n) is 4.69. The summed E-state index contributed by atoms with van der Waals surface area (Å²) in [7, 11) is 0. The van der Waals surface area contributed by atoms with E-state index in [0.29, 0.717) is 12.1 Å². The van der Waals surface area contributed by atoms with Gasteiger partial charge in [0.15, 0.2) is 0 Å². The molecule has 124 valence electrons. The quantitative estimate of drug-likeness (QED) is 0.599. The number of hydrogen-bond donors (Lipinski definition) is 0. The van der Waals surface area contributed by atoms with Crippen molar-refractivity contribution in [3.63, 3.8) is 0 Å². The van der Waals surface area contributed by atoms with E-state index >= 15 is 0 Å². The van der Waals surface area contributed by atoms with Gasteiger partial charge in [0.25, 0.3) is 0 Å². The maximum absolute atomic E-state index is 5.88. The van der Waals surface area contributed by atoms with Crippen LogP contribution in [0.15, 0.2) is 42.0 Å². The number of rotatable bonds is 3. The fraction of sp³-hybridized carbons (Fsp3) is 0.619. The Morgan fingerprint density at radius 1 is 0.957 bits per heavy atom. The third-order valence-corrected chi connectivity index (χ3v) is 5.96. The molecule has 0 aromatic heterocycles. The standard InChI is InChI=1S/C21H29NO/c1-2-7-11-18(10-6-1)19-12-20-15-23-16-21(13-19)22(20)14-17-8-4-3-5-9-17/h3-5,8-9,12,18,20-21H,1-2,6-7,10-11,13-16H2. The zero-order valence-electron chi connectivity index (χ0n) is 14.1. The summed E-state index contributed by atoms with van der Waals surface area (Å²) in [5, 5.41) is 0. The minimum absolute atomic E-state index is 0.487. The van der Waals surface area contributed by atoms with Crippen molar-refractivity contribution in [1.82, 2.24) is 4.90 Å². The molecule has 2 unspecified atom stereocenters. The number of hydrogen-bond acceptors (Lipinski definition) is 2. The molecule has 2 bridgehead atoms. The Labute approximate surface area is 140 Å². The van der Waals surface area contributed by atoms with Gasteiger partial charge in [0.2, 0.25) is 0 Å². The molecule has 2 heterocycles. The largest absolute Gasteiger partial charge is 0.378 e. The number of nitrogens with zero attached hydrogens (tertiary/aromatic N) is 1. The predicted molar refractivity (Wildman–Crippen MR) is 94.3 cm³/mol. The molecular weight excluding hydrogens is 282 g/mol. The van der Waals surface area contributed by atoms with Crippen LogP contribution in [0.2, 0.25) is 0 Å². The van der Waals surface area contributed by atoms with Crippen molar-refractivity contribution >= 4 is 0 Å². The van der Waals surface area contributed by atoms with Gasteiger partial charge in [-0.15, -0.1) is 0 Å². The number of benzene rings is 1. The molecule has 0 amide bonds. The number of morpholine rings is 1. The van der Waals surface area contributed by atoms with Gasteiger partial charge >= 0.3 is 0 Å². The third-order valence-electron chi connectivity index (χ3n) is 5.96. The second-order valence-electron chi connectivity index (χ2n) is 7.55. The molecule has 2 aliphatic heterocycles. The molecule has 1 saturated carbocycles. The molecule has 2 heteroatoms. The first-order chi connectivity index (χ1) is 11.4. The molecule has 1 saturated heterocycles. The Balaban J connectivity index is 1.51. The highest BCUT2D eigenvalue weighted by Crippen LogP contribution is 2.37. The molecular formula is C21H29NO. The van der Waals surface area contributed by atoms with Crippen LogP contribution in [0.3, 0.4) is 0 Å². The lowest BCUT2D eigenvalue weighted by atomic mass is 9.82. The minimum Gasteiger partial charge on any atom is -0.378 e. The molecule has 1 aliphatic carbocycles. The van der Waals surface area contributed by atoms with Gasteiger partial charge in [-0.25, -0.2) is 0 Å². The van der Waals surface area contributed by atoms with Crippen molar-refractivity contribution in [3.05, 3.63) is 47.5 Å². The van der Waals surface area contributed by atoms with E-state index in [1.807, 2.05) is 0 Å². The highest BCUT2D eigenvalue weighted by Gasteiger charge is 2.36. The Morgan fingerprint density at radius 2 is 1.74 bits per heavy atom. The van der Waals surface area contributed by atoms with Crippen molar-refractivity contribution < 1.29 is 4.74 Å². The first-order valence-electron chi connectivity index (χ1n) is 9.48. The van der Waals surface area contributed by atoms with Crippen LogP contribution in [-0.2, 0) is 11.3 Å². The Morgan fingerprint density at radius 3 is 2.48 bits per heavy atom. The van der Waals surface area contributed by atoms with Crippen LogP contribution in [0.5, 0.6) is 0 Å². The summed E-state index contributed by atoms with van der Waals surface area (Å²) < 4.78 is 5.88. The molecule has 0 radical (unpaired) electrons. The second-order valence-corrected chi connectivity index (χ2v) is 7.55. The first kappa shape index (κ1) is 15.4. The molecule has 4 rings (SSSR count). The van der Waals surface area contributed by atoms with E-state index in [2.05, 4.69) is 41.3 Å². The fourth-order valence-corrected chi connectivity index (χ4v) is 4.69. The van der Waals surface area contributed by atoms with E-state index < -0.39 is 0 Å². The molecule has 1 aromatic carbocycles. The summed E-state index contributed by atoms with van der Waals surface area (Å²) in [6.07, 6.45) is 12.4. The van der Waals surface area contributed by atoms with Crippen LogP contribution < -0.4 is 0 Å². The molecule has 2 nitrogen and oxygen atoms in total. The minimum atomic E-state index is 0.487. The maximum Gasteiger partial charge on any atom is 0.0658 e. The topological polar surface area (TPSA) is 12.5 Å². The predicted octanol–water partition coefficient (Wildman–Crippen LogP) is 4.56. The molecule has 2 fully saturated rings. The van der Waals surface area contributed by atoms with E-state index in [1.165, 1.54) is 50.5 Å². The molecule has 1 aromatic rings. The van der Waals surface area contributed by atoms with Gasteiger partial charge in [-0.2, -0.15) is 0 Å². The van der Waals surface area contributed by atoms with E-state index in [9.17, 15) is 0 Å². The molecule has 23 heavy (non-hydrogen) atoms. The summed E-state index contributed by atoms with van der Waals surface area (Å²) in [5.74, 6) is 0.861. The van der Waals surface area contributed by atoms with Crippen molar-refractivity contribution in [2.45, 2.75) is 63.6 Å². The van der Waals surface area contributed by atoms with Gasteiger partial charge in [-0.3, -0.25) is 4.90 Å². The summed E-state index contributed by atoms with van der Waals surface area (Å²) in [6.45, 7) is 2.85. The average molecular weight is 311 g/mol. The molecule has 0 spiro atoms. The first-order valence-corrected chi connectivity index (χ1v) is 9.48. The Hall–Kier alpha value is -1.12. The van der Waals surface area contributed by atoms with Crippen LogP contribution in [0.25, 0.3) is 0 Å². The lowest BCUT2D eigenvalue weighted by molar-refractivity contribution is -0.0452. The molecule has 2 atom stereocenters. The third kappa shape index (κ3) is 3.54. The van der Waals surface area contributed by atoms with E-state index in [-0.39, 0.29) is 0 Å². The summed E-state index contributed by atoms with van der Waals surface area (Å²) in [6, 6.07) is 12.0. The summed E-state index contributed by atoms with van der Waals surface area (Å²) in [5.41, 5.74) is 3.19. The van der Waals surface area contributed by atoms with Crippen molar-refractivity contribution in [3.8, 4) is 0 Å². The van der Waals surface area contributed by atoms with Crippen molar-refractivity contribution in [2.24, 2.45) is 5.92 Å². The van der Waals surface area contributed by atoms with E-state index in [1.54, 1.807) is 5.57 Å². The van der Waals surface area contributed by atoms with Crippen LogP contribution in [-0.4, -0.2) is 30.2 Å². The van der Waals surface area contributed by atoms with Crippen LogP contribution >= 0.6 is 0 Å². The SMILES string of the molecule is C1=C(C2CCCCCC2)CC2COCC1N2Cc1ccccc1. The lowest BCUT2D eigenvalue weighted by Gasteiger charge is -2.46. The van der Waals surface area contributed by atoms with Gasteiger partial charge in [0.1, 0.15) is 0 Å². The van der Waals surface area contributed by atoms with Crippen LogP contribution in [0, 0.1) is 5.92 Å². The van der Waals surface area contributed by atoms with Gasteiger partial charge in [-0.1, -0.05) is 67.7 Å². The Kier molecular flexibility index (Phi) is 4.82. The number of ether oxygens (including phenoxy) is 1. The van der Waals surface area contributed by atoms with Crippen LogP contribution in [0.1, 0.15) is 50.5 Å². The van der Waals surface area contributed by atoms with Gasteiger partial charge < -0.3 is 4.74 Å². The summed E-state index contributed by atoms with van der Waals surface area (Å²) in [4.78, 5) is 2.68. The normalized spacial score (nSPS) is 29.8. The number of fused-ring (bicyclic) bond motifs is 2. The molecule has 0 N–H and O–H groups in total. The smallest absolute Gasteiger partial charge is 0.0658 e. The zero-order valence-corrected chi connectivity index (χ0v) is 14.1. The summed E-state index contributed by atoms with van der Waals surface area (Å²) >= 11 is 0. The Bertz CT molecular complexity index is 530. The van der Waals surface area contributed by atoms with E-state index in [4.69, 9.17) is 4.74 Å². The lowest BCUT2D eigenvalue weighted by Crippen LogP contribution is -2.53. The van der Waals surface area contributed by atoms with E-state index in [0.717, 1.165) is 25.7 Å². The van der Waals surface area contributed by atoms with Gasteiger partial charge in [-0.05, 0) is 30.7 Å².